The molecule has 0 radical (unpaired) electrons. The van der Waals surface area contributed by atoms with Crippen LogP contribution in [-0.4, -0.2) is 50.3 Å². The fourth-order valence-electron chi connectivity index (χ4n) is 4.16. The van der Waals surface area contributed by atoms with Crippen molar-refractivity contribution in [1.82, 2.24) is 19.4 Å². The molecule has 1 atom stereocenters. The average molecular weight is 452 g/mol. The number of thioether (sulfide) groups is 1. The van der Waals surface area contributed by atoms with Crippen molar-refractivity contribution in [2.24, 2.45) is 0 Å². The second kappa shape index (κ2) is 7.54. The first-order valence-corrected chi connectivity index (χ1v) is 11.0. The first-order chi connectivity index (χ1) is 14.8. The molecule has 11 heteroatoms. The molecule has 4 heterocycles. The van der Waals surface area contributed by atoms with Crippen LogP contribution >= 0.6 is 11.8 Å². The second-order valence-corrected chi connectivity index (χ2v) is 8.90. The first kappa shape index (κ1) is 20.3. The summed E-state index contributed by atoms with van der Waals surface area (Å²) in [6.45, 7) is 0.557. The summed E-state index contributed by atoms with van der Waals surface area (Å²) in [6.07, 6.45) is -2.25. The van der Waals surface area contributed by atoms with Gasteiger partial charge in [0.1, 0.15) is 11.8 Å². The molecule has 2 aromatic heterocycles. The highest BCUT2D eigenvalue weighted by Gasteiger charge is 2.37. The van der Waals surface area contributed by atoms with Crippen LogP contribution in [0.1, 0.15) is 35.8 Å². The number of halogens is 3. The van der Waals surface area contributed by atoms with Crippen LogP contribution in [0.15, 0.2) is 28.2 Å². The molecule has 7 nitrogen and oxygen atoms in total. The SMILES string of the molecule is O=C(CC1CSc2nc3c(c(=O)n21)CCC3)N1CC(Oc2cccc(C(F)(F)F)n2)C1. The predicted octanol–water partition coefficient (Wildman–Crippen LogP) is 2.47. The molecule has 31 heavy (non-hydrogen) atoms. The van der Waals surface area contributed by atoms with Gasteiger partial charge in [-0.15, -0.1) is 0 Å². The molecular formula is C20H19F3N4O3S. The number of carbonyl (C=O) groups is 1. The van der Waals surface area contributed by atoms with E-state index in [4.69, 9.17) is 4.74 Å². The quantitative estimate of drug-likeness (QED) is 0.664. The lowest BCUT2D eigenvalue weighted by Crippen LogP contribution is -2.56. The van der Waals surface area contributed by atoms with Crippen LogP contribution in [0.5, 0.6) is 5.88 Å². The van der Waals surface area contributed by atoms with Crippen LogP contribution in [-0.2, 0) is 23.8 Å². The van der Waals surface area contributed by atoms with Gasteiger partial charge in [-0.25, -0.2) is 9.97 Å². The molecule has 5 rings (SSSR count). The monoisotopic (exact) mass is 452 g/mol. The first-order valence-electron chi connectivity index (χ1n) is 10.1. The largest absolute Gasteiger partial charge is 0.471 e. The van der Waals surface area contributed by atoms with E-state index in [0.29, 0.717) is 10.9 Å². The van der Waals surface area contributed by atoms with Gasteiger partial charge in [0.2, 0.25) is 11.8 Å². The van der Waals surface area contributed by atoms with Crippen LogP contribution in [0.2, 0.25) is 0 Å². The van der Waals surface area contributed by atoms with Crippen molar-refractivity contribution in [3.63, 3.8) is 0 Å². The highest BCUT2D eigenvalue weighted by Crippen LogP contribution is 2.35. The Morgan fingerprint density at radius 3 is 2.81 bits per heavy atom. The summed E-state index contributed by atoms with van der Waals surface area (Å²) in [7, 11) is 0. The molecule has 2 aliphatic heterocycles. The number of aromatic nitrogens is 3. The highest BCUT2D eigenvalue weighted by atomic mass is 32.2. The minimum absolute atomic E-state index is 0.0271. The number of aryl methyl sites for hydroxylation is 1. The lowest BCUT2D eigenvalue weighted by Gasteiger charge is -2.39. The number of amides is 1. The third-order valence-corrected chi connectivity index (χ3v) is 6.88. The van der Waals surface area contributed by atoms with Crippen molar-refractivity contribution in [3.8, 4) is 5.88 Å². The van der Waals surface area contributed by atoms with Crippen LogP contribution in [0, 0.1) is 0 Å². The van der Waals surface area contributed by atoms with Gasteiger partial charge in [0, 0.05) is 23.8 Å². The summed E-state index contributed by atoms with van der Waals surface area (Å²) in [6, 6.07) is 3.26. The summed E-state index contributed by atoms with van der Waals surface area (Å²) in [5.74, 6) is 0.404. The molecule has 3 aliphatic rings. The number of hydrogen-bond donors (Lipinski definition) is 0. The van der Waals surface area contributed by atoms with Crippen LogP contribution in [0.3, 0.4) is 0 Å². The molecule has 164 valence electrons. The minimum Gasteiger partial charge on any atom is -0.471 e. The van der Waals surface area contributed by atoms with Crippen LogP contribution < -0.4 is 10.3 Å². The van der Waals surface area contributed by atoms with Gasteiger partial charge < -0.3 is 9.64 Å². The number of hydrogen-bond acceptors (Lipinski definition) is 6. The molecule has 0 N–H and O–H groups in total. The molecule has 2 aromatic rings. The van der Waals surface area contributed by atoms with Gasteiger partial charge in [-0.2, -0.15) is 13.2 Å². The van der Waals surface area contributed by atoms with Gasteiger partial charge in [-0.1, -0.05) is 17.8 Å². The van der Waals surface area contributed by atoms with Crippen LogP contribution in [0.25, 0.3) is 0 Å². The van der Waals surface area contributed by atoms with Gasteiger partial charge in [-0.3, -0.25) is 14.2 Å². The van der Waals surface area contributed by atoms with E-state index in [1.165, 1.54) is 23.9 Å². The van der Waals surface area contributed by atoms with Gasteiger partial charge in [-0.05, 0) is 25.3 Å². The van der Waals surface area contributed by atoms with E-state index in [1.807, 2.05) is 0 Å². The van der Waals surface area contributed by atoms with Crippen molar-refractivity contribution in [2.45, 2.75) is 49.2 Å². The number of fused-ring (bicyclic) bond motifs is 2. The Bertz CT molecular complexity index is 1100. The lowest BCUT2D eigenvalue weighted by atomic mass is 10.1. The van der Waals surface area contributed by atoms with Crippen LogP contribution in [0.4, 0.5) is 13.2 Å². The zero-order valence-corrected chi connectivity index (χ0v) is 17.2. The molecule has 1 unspecified atom stereocenters. The topological polar surface area (TPSA) is 77.3 Å². The molecular weight excluding hydrogens is 433 g/mol. The van der Waals surface area contributed by atoms with Crippen molar-refractivity contribution in [3.05, 3.63) is 45.5 Å². The second-order valence-electron chi connectivity index (χ2n) is 7.91. The molecule has 1 aliphatic carbocycles. The molecule has 0 bridgehead atoms. The number of likely N-dealkylation sites (tertiary alicyclic amines) is 1. The normalized spacial score (nSPS) is 20.4. The zero-order valence-electron chi connectivity index (χ0n) is 16.4. The van der Waals surface area contributed by atoms with E-state index in [2.05, 4.69) is 9.97 Å². The number of carbonyl (C=O) groups excluding carboxylic acids is 1. The van der Waals surface area contributed by atoms with Crippen molar-refractivity contribution in [1.29, 1.82) is 0 Å². The highest BCUT2D eigenvalue weighted by molar-refractivity contribution is 7.99. The van der Waals surface area contributed by atoms with E-state index in [0.717, 1.165) is 36.6 Å². The Hall–Kier alpha value is -2.56. The smallest absolute Gasteiger partial charge is 0.433 e. The number of alkyl halides is 3. The summed E-state index contributed by atoms with van der Waals surface area (Å²) in [5, 5.41) is 0.684. The predicted molar refractivity (Wildman–Crippen MR) is 105 cm³/mol. The Labute approximate surface area is 179 Å². The number of ether oxygens (including phenoxy) is 1. The third-order valence-electron chi connectivity index (χ3n) is 5.78. The van der Waals surface area contributed by atoms with Crippen molar-refractivity contribution >= 4 is 17.7 Å². The fourth-order valence-corrected chi connectivity index (χ4v) is 5.31. The van der Waals surface area contributed by atoms with Gasteiger partial charge in [0.15, 0.2) is 5.16 Å². The Balaban J connectivity index is 1.19. The third kappa shape index (κ3) is 3.79. The molecule has 1 amide bonds. The van der Waals surface area contributed by atoms with Gasteiger partial charge in [0.05, 0.1) is 24.8 Å². The Kier molecular flexibility index (Phi) is 4.95. The maximum Gasteiger partial charge on any atom is 0.433 e. The molecule has 1 fully saturated rings. The number of pyridine rings is 1. The van der Waals surface area contributed by atoms with Gasteiger partial charge in [0.25, 0.3) is 5.56 Å². The fraction of sp³-hybridized carbons (Fsp3) is 0.500. The summed E-state index contributed by atoms with van der Waals surface area (Å²) in [5.41, 5.74) is 0.622. The lowest BCUT2D eigenvalue weighted by molar-refractivity contribution is -0.142. The van der Waals surface area contributed by atoms with E-state index < -0.39 is 18.0 Å². The van der Waals surface area contributed by atoms with E-state index in [-0.39, 0.29) is 42.9 Å². The standard InChI is InChI=1S/C20H19F3N4O3S/c21-20(22,23)15-5-2-6-16(25-15)30-12-8-26(9-12)17(28)7-11-10-31-19-24-14-4-1-3-13(14)18(29)27(11)19/h2,5-6,11-12H,1,3-4,7-10H2. The maximum atomic E-state index is 12.8. The summed E-state index contributed by atoms with van der Waals surface area (Å²) in [4.78, 5) is 35.2. The maximum absolute atomic E-state index is 12.8. The number of rotatable bonds is 4. The zero-order chi connectivity index (χ0) is 21.8. The Morgan fingerprint density at radius 1 is 1.23 bits per heavy atom. The van der Waals surface area contributed by atoms with Crippen molar-refractivity contribution in [2.75, 3.05) is 18.8 Å². The Morgan fingerprint density at radius 2 is 2.03 bits per heavy atom. The molecule has 1 saturated heterocycles. The summed E-state index contributed by atoms with van der Waals surface area (Å²) < 4.78 is 45.5. The van der Waals surface area contributed by atoms with E-state index in [1.54, 1.807) is 9.47 Å². The summed E-state index contributed by atoms with van der Waals surface area (Å²) >= 11 is 1.50. The minimum atomic E-state index is -4.54. The molecule has 0 saturated carbocycles. The van der Waals surface area contributed by atoms with Gasteiger partial charge >= 0.3 is 6.18 Å². The molecule has 0 spiro atoms. The average Bonchev–Trinajstić information content (AvgIpc) is 3.31. The van der Waals surface area contributed by atoms with E-state index in [9.17, 15) is 22.8 Å². The van der Waals surface area contributed by atoms with E-state index >= 15 is 0 Å². The molecule has 0 aromatic carbocycles. The number of nitrogens with zero attached hydrogens (tertiary/aromatic N) is 4. The van der Waals surface area contributed by atoms with Crippen molar-refractivity contribution < 1.29 is 22.7 Å².